The van der Waals surface area contributed by atoms with Gasteiger partial charge in [0.15, 0.2) is 0 Å². The van der Waals surface area contributed by atoms with E-state index in [1.807, 2.05) is 0 Å². The number of benzene rings is 1. The molecule has 1 N–H and O–H groups in total. The van der Waals surface area contributed by atoms with E-state index in [0.717, 1.165) is 0 Å². The minimum absolute atomic E-state index is 0.0772. The van der Waals surface area contributed by atoms with E-state index in [1.165, 1.54) is 0 Å². The number of nitrogens with zero attached hydrogens (tertiary/aromatic N) is 2. The van der Waals surface area contributed by atoms with Gasteiger partial charge in [-0.2, -0.15) is 0 Å². The molecule has 1 heterocycles. The van der Waals surface area contributed by atoms with Gasteiger partial charge in [-0.05, 0) is 13.0 Å². The number of para-hydroxylation sites is 1. The Labute approximate surface area is 103 Å². The molecule has 6 heteroatoms. The van der Waals surface area contributed by atoms with E-state index in [0.29, 0.717) is 22.7 Å². The molecule has 0 aliphatic rings. The summed E-state index contributed by atoms with van der Waals surface area (Å²) in [5.41, 5.74) is 1.88. The van der Waals surface area contributed by atoms with E-state index in [4.69, 9.17) is 9.84 Å². The highest BCUT2D eigenvalue weighted by molar-refractivity contribution is 5.71. The van der Waals surface area contributed by atoms with E-state index in [-0.39, 0.29) is 13.0 Å². The maximum atomic E-state index is 10.7. The molecular weight excluding hydrogens is 236 g/mol. The van der Waals surface area contributed by atoms with Crippen molar-refractivity contribution in [2.45, 2.75) is 20.0 Å². The average molecular weight is 248 g/mol. The fourth-order valence-electron chi connectivity index (χ4n) is 1.48. The van der Waals surface area contributed by atoms with Crippen LogP contribution < -0.4 is 4.74 Å². The number of aryl methyl sites for hydroxylation is 1. The van der Waals surface area contributed by atoms with Crippen molar-refractivity contribution in [2.24, 2.45) is 0 Å². The van der Waals surface area contributed by atoms with Gasteiger partial charge in [0.05, 0.1) is 6.42 Å². The molecule has 0 spiro atoms. The van der Waals surface area contributed by atoms with Crippen LogP contribution in [0.5, 0.6) is 5.75 Å². The molecule has 18 heavy (non-hydrogen) atoms. The number of ether oxygens (including phenoxy) is 1. The third kappa shape index (κ3) is 2.85. The molecule has 6 nitrogen and oxygen atoms in total. The molecule has 1 aromatic heterocycles. The molecular formula is C12H12N2O4. The highest BCUT2D eigenvalue weighted by Gasteiger charge is 2.10. The van der Waals surface area contributed by atoms with Crippen LogP contribution in [0.1, 0.15) is 17.0 Å². The second kappa shape index (κ2) is 5.31. The van der Waals surface area contributed by atoms with Gasteiger partial charge in [-0.15, -0.1) is 0 Å². The van der Waals surface area contributed by atoms with E-state index < -0.39 is 5.97 Å². The van der Waals surface area contributed by atoms with Gasteiger partial charge in [0.25, 0.3) is 0 Å². The number of aromatic nitrogens is 2. The normalized spacial score (nSPS) is 10.3. The first kappa shape index (κ1) is 12.1. The molecule has 2 rings (SSSR count). The molecule has 0 unspecified atom stereocenters. The number of hydrogen-bond acceptors (Lipinski definition) is 5. The lowest BCUT2D eigenvalue weighted by Gasteiger charge is -2.08. The van der Waals surface area contributed by atoms with E-state index in [9.17, 15) is 4.79 Å². The molecule has 0 amide bonds. The van der Waals surface area contributed by atoms with Gasteiger partial charge in [0, 0.05) is 5.56 Å². The molecule has 94 valence electrons. The zero-order valence-electron chi connectivity index (χ0n) is 9.79. The van der Waals surface area contributed by atoms with E-state index >= 15 is 0 Å². The van der Waals surface area contributed by atoms with Crippen molar-refractivity contribution >= 4 is 5.97 Å². The Kier molecular flexibility index (Phi) is 3.57. The first-order valence-corrected chi connectivity index (χ1v) is 5.37. The zero-order chi connectivity index (χ0) is 13.0. The summed E-state index contributed by atoms with van der Waals surface area (Å²) in [5.74, 6) is -0.368. The highest BCUT2D eigenvalue weighted by atomic mass is 16.6. The topological polar surface area (TPSA) is 85.5 Å². The molecule has 0 saturated heterocycles. The summed E-state index contributed by atoms with van der Waals surface area (Å²) in [6, 6.07) is 7.00. The summed E-state index contributed by atoms with van der Waals surface area (Å²) in [6.45, 7) is 1.96. The van der Waals surface area contributed by atoms with Crippen LogP contribution in [-0.2, 0) is 17.8 Å². The van der Waals surface area contributed by atoms with Gasteiger partial charge in [-0.3, -0.25) is 4.79 Å². The Bertz CT molecular complexity index is 551. The molecule has 1 aromatic carbocycles. The predicted molar refractivity (Wildman–Crippen MR) is 61.1 cm³/mol. The van der Waals surface area contributed by atoms with Crippen LogP contribution in [0, 0.1) is 6.92 Å². The third-order valence-electron chi connectivity index (χ3n) is 2.43. The van der Waals surface area contributed by atoms with Gasteiger partial charge >= 0.3 is 5.97 Å². The largest absolute Gasteiger partial charge is 0.487 e. The number of aliphatic carboxylic acids is 1. The van der Waals surface area contributed by atoms with Crippen molar-refractivity contribution in [3.05, 3.63) is 41.2 Å². The second-order valence-corrected chi connectivity index (χ2v) is 3.76. The summed E-state index contributed by atoms with van der Waals surface area (Å²) in [7, 11) is 0. The number of carboxylic acid groups (broad SMARTS) is 1. The summed E-state index contributed by atoms with van der Waals surface area (Å²) >= 11 is 0. The lowest BCUT2D eigenvalue weighted by atomic mass is 10.1. The molecule has 0 atom stereocenters. The van der Waals surface area contributed by atoms with Crippen molar-refractivity contribution in [3.63, 3.8) is 0 Å². The summed E-state index contributed by atoms with van der Waals surface area (Å²) in [5, 5.41) is 16.1. The van der Waals surface area contributed by atoms with Crippen LogP contribution in [0.4, 0.5) is 0 Å². The van der Waals surface area contributed by atoms with Gasteiger partial charge in [-0.25, -0.2) is 4.63 Å². The van der Waals surface area contributed by atoms with Crippen molar-refractivity contribution in [1.29, 1.82) is 0 Å². The lowest BCUT2D eigenvalue weighted by Crippen LogP contribution is -2.04. The Balaban J connectivity index is 2.09. The third-order valence-corrected chi connectivity index (χ3v) is 2.43. The van der Waals surface area contributed by atoms with Crippen LogP contribution in [0.15, 0.2) is 28.9 Å². The Morgan fingerprint density at radius 2 is 2.17 bits per heavy atom. The number of hydrogen-bond donors (Lipinski definition) is 1. The van der Waals surface area contributed by atoms with Crippen LogP contribution in [-0.4, -0.2) is 21.4 Å². The predicted octanol–water partition coefficient (Wildman–Crippen LogP) is 1.58. The van der Waals surface area contributed by atoms with Gasteiger partial charge in [0.2, 0.25) is 0 Å². The maximum absolute atomic E-state index is 10.7. The molecule has 0 aliphatic heterocycles. The minimum Gasteiger partial charge on any atom is -0.487 e. The lowest BCUT2D eigenvalue weighted by molar-refractivity contribution is -0.136. The Morgan fingerprint density at radius 3 is 2.83 bits per heavy atom. The van der Waals surface area contributed by atoms with Crippen molar-refractivity contribution in [2.75, 3.05) is 0 Å². The second-order valence-electron chi connectivity index (χ2n) is 3.76. The quantitative estimate of drug-likeness (QED) is 0.864. The van der Waals surface area contributed by atoms with E-state index in [1.54, 1.807) is 31.2 Å². The Hall–Kier alpha value is -2.37. The molecule has 0 saturated carbocycles. The molecule has 2 aromatic rings. The van der Waals surface area contributed by atoms with Crippen LogP contribution >= 0.6 is 0 Å². The monoisotopic (exact) mass is 248 g/mol. The minimum atomic E-state index is -0.898. The van der Waals surface area contributed by atoms with Gasteiger partial charge < -0.3 is 9.84 Å². The summed E-state index contributed by atoms with van der Waals surface area (Å²) in [4.78, 5) is 10.7. The SMILES string of the molecule is Cc1nonc1COc1ccccc1CC(=O)O. The molecule has 0 bridgehead atoms. The van der Waals surface area contributed by atoms with Crippen LogP contribution in [0.3, 0.4) is 0 Å². The van der Waals surface area contributed by atoms with Crippen LogP contribution in [0.2, 0.25) is 0 Å². The van der Waals surface area contributed by atoms with E-state index in [2.05, 4.69) is 14.9 Å². The Morgan fingerprint density at radius 1 is 1.39 bits per heavy atom. The molecule has 0 fully saturated rings. The summed E-state index contributed by atoms with van der Waals surface area (Å²) in [6.07, 6.45) is -0.0772. The zero-order valence-corrected chi connectivity index (χ0v) is 9.79. The molecule has 0 aliphatic carbocycles. The van der Waals surface area contributed by atoms with Crippen molar-refractivity contribution in [3.8, 4) is 5.75 Å². The molecule has 0 radical (unpaired) electrons. The fourth-order valence-corrected chi connectivity index (χ4v) is 1.48. The van der Waals surface area contributed by atoms with Crippen molar-refractivity contribution in [1.82, 2.24) is 10.3 Å². The standard InChI is InChI=1S/C12H12N2O4/c1-8-10(14-18-13-8)7-17-11-5-3-2-4-9(11)6-12(15)16/h2-5H,6-7H2,1H3,(H,15,16). The first-order valence-electron chi connectivity index (χ1n) is 5.37. The fraction of sp³-hybridized carbons (Fsp3) is 0.250. The summed E-state index contributed by atoms with van der Waals surface area (Å²) < 4.78 is 10.1. The van der Waals surface area contributed by atoms with Gasteiger partial charge in [0.1, 0.15) is 23.7 Å². The maximum Gasteiger partial charge on any atom is 0.307 e. The average Bonchev–Trinajstić information content (AvgIpc) is 2.73. The van der Waals surface area contributed by atoms with Crippen molar-refractivity contribution < 1.29 is 19.3 Å². The number of carbonyl (C=O) groups is 1. The number of rotatable bonds is 5. The highest BCUT2D eigenvalue weighted by Crippen LogP contribution is 2.20. The van der Waals surface area contributed by atoms with Crippen LogP contribution in [0.25, 0.3) is 0 Å². The number of carboxylic acids is 1. The first-order chi connectivity index (χ1) is 8.66. The van der Waals surface area contributed by atoms with Gasteiger partial charge in [-0.1, -0.05) is 28.5 Å². The smallest absolute Gasteiger partial charge is 0.307 e.